The quantitative estimate of drug-likeness (QED) is 0.165. The van der Waals surface area contributed by atoms with Crippen LogP contribution in [-0.2, 0) is 10.8 Å². The molecule has 3 saturated carbocycles. The van der Waals surface area contributed by atoms with Gasteiger partial charge in [0.15, 0.2) is 0 Å². The van der Waals surface area contributed by atoms with Crippen LogP contribution in [0.4, 0.5) is 0 Å². The molecule has 108 heavy (non-hydrogen) atoms. The van der Waals surface area contributed by atoms with Crippen LogP contribution in [0.3, 0.4) is 0 Å². The summed E-state index contributed by atoms with van der Waals surface area (Å²) in [4.78, 5) is 0. The van der Waals surface area contributed by atoms with Gasteiger partial charge in [-0.15, -0.1) is 0 Å². The van der Waals surface area contributed by atoms with Gasteiger partial charge < -0.3 is 0 Å². The largest absolute Gasteiger partial charge is 0.0622 e. The van der Waals surface area contributed by atoms with Crippen LogP contribution in [0.1, 0.15) is 272 Å². The van der Waals surface area contributed by atoms with Crippen LogP contribution in [0.15, 0.2) is 231 Å². The Morgan fingerprint density at radius 3 is 0.852 bits per heavy atom. The first-order valence-corrected chi connectivity index (χ1v) is 41.1. The smallest absolute Gasteiger partial charge is 0.0126 e. The maximum Gasteiger partial charge on any atom is -0.0126 e. The molecule has 12 aromatic rings. The summed E-state index contributed by atoms with van der Waals surface area (Å²) in [5.74, 6) is 2.51. The van der Waals surface area contributed by atoms with Crippen LogP contribution in [0.25, 0.3) is 32.3 Å². The molecule has 0 heteroatoms. The van der Waals surface area contributed by atoms with Crippen molar-refractivity contribution in [3.05, 3.63) is 353 Å². The second-order valence-electron chi connectivity index (χ2n) is 34.8. The maximum absolute atomic E-state index is 2.42. The van der Waals surface area contributed by atoms with Crippen molar-refractivity contribution in [3.63, 3.8) is 0 Å². The second-order valence-corrected chi connectivity index (χ2v) is 34.8. The Morgan fingerprint density at radius 2 is 0.491 bits per heavy atom. The number of aryl methyl sites for hydroxylation is 17. The molecule has 3 fully saturated rings. The third kappa shape index (κ3) is 29.4. The number of hydrogen-bond acceptors (Lipinski definition) is 0. The van der Waals surface area contributed by atoms with Gasteiger partial charge in [0, 0.05) is 0 Å². The van der Waals surface area contributed by atoms with Crippen LogP contribution in [0, 0.1) is 118 Å². The Balaban J connectivity index is 0.000000171. The molecule has 0 nitrogen and oxygen atoms in total. The first-order valence-electron chi connectivity index (χ1n) is 41.1. The highest BCUT2D eigenvalue weighted by Gasteiger charge is 2.21. The summed E-state index contributed by atoms with van der Waals surface area (Å²) < 4.78 is 0. The molecule has 3 aliphatic rings. The van der Waals surface area contributed by atoms with Gasteiger partial charge in [0.1, 0.15) is 0 Å². The van der Waals surface area contributed by atoms with E-state index in [2.05, 4.69) is 372 Å². The van der Waals surface area contributed by atoms with Gasteiger partial charge >= 0.3 is 0 Å². The fraction of sp³-hybridized carbons (Fsp3) is 0.389. The fourth-order valence-corrected chi connectivity index (χ4v) is 16.5. The van der Waals surface area contributed by atoms with Crippen molar-refractivity contribution in [2.45, 2.75) is 278 Å². The average Bonchev–Trinajstić information content (AvgIpc) is 0.934. The molecule has 3 aliphatic carbocycles. The summed E-state index contributed by atoms with van der Waals surface area (Å²) in [6.07, 6.45) is 19.8. The van der Waals surface area contributed by atoms with E-state index in [0.29, 0.717) is 0 Å². The predicted molar refractivity (Wildman–Crippen MR) is 481 cm³/mol. The molecule has 0 N–H and O–H groups in total. The molecule has 570 valence electrons. The van der Waals surface area contributed by atoms with E-state index in [-0.39, 0.29) is 10.8 Å². The van der Waals surface area contributed by atoms with Crippen molar-refractivity contribution in [1.82, 2.24) is 0 Å². The third-order valence-electron chi connectivity index (χ3n) is 21.3. The van der Waals surface area contributed by atoms with Crippen molar-refractivity contribution in [2.75, 3.05) is 0 Å². The first-order chi connectivity index (χ1) is 51.3. The SMILES string of the molecule is Cc1cc(C(C)(C)C)c2ccccc2c1.Cc1cc(C)c2ccccc2c1.Cc1cc(C)cc(C(C)(C)C)c1.Cc1cc(C)cc(C)c1.Cc1cc(C)cc(C)c1.Cc1cc(C)cc(C2CCCC2)c1.Cc1cc(C)cc(C2CCCCC2)c1.Cc1cc(C2CCCCC2)c2ccccc2c1.Cc1ccccc1. The Kier molecular flexibility index (Phi) is 34.0. The van der Waals surface area contributed by atoms with Crippen molar-refractivity contribution in [2.24, 2.45) is 0 Å². The molecule has 0 atom stereocenters. The Hall–Kier alpha value is -8.58. The minimum absolute atomic E-state index is 0.214. The molecule has 0 bridgehead atoms. The van der Waals surface area contributed by atoms with Crippen molar-refractivity contribution >= 4 is 32.3 Å². The standard InChI is InChI=1S/C17H20.C15H18.C14H20.C13H18.C12H12.C12H18.2C9H12.C7H8/c1-13-11-15-9-5-6-10-16(15)17(12-13)14-7-3-2-4-8-14;1-11-9-12-7-5-6-8-13(12)14(10-11)15(2,3)4;1-11-8-12(2)10-14(9-11)13-6-4-3-5-7-13;1-10-7-11(2)9-13(8-10)12-5-3-4-6-12;1-9-7-10(2)12-6-4-3-5-11(12)8-9;1-9-6-10(2)8-11(7-9)12(3,4)5;2*1-7-4-8(2)6-9(3)5-7;1-7-5-3-2-4-6-7/h5-6,9-12,14H,2-4,7-8H2,1H3;5-10H,1-4H3;8-10,13H,3-7H2,1-2H3;7-9,12H,3-6H2,1-2H3;3-8H,1-2H3;6-8H,1-5H3;2*4-6H,1-3H3;2-6H,1H3. The molecule has 0 heterocycles. The van der Waals surface area contributed by atoms with Gasteiger partial charge in [0.25, 0.3) is 0 Å². The van der Waals surface area contributed by atoms with E-state index in [1.807, 2.05) is 18.2 Å². The Morgan fingerprint density at radius 1 is 0.213 bits per heavy atom. The van der Waals surface area contributed by atoms with E-state index in [0.717, 1.165) is 17.8 Å². The molecular weight excluding hydrogens is 1300 g/mol. The molecular formula is C108H138. The lowest BCUT2D eigenvalue weighted by Crippen LogP contribution is -2.11. The van der Waals surface area contributed by atoms with E-state index in [4.69, 9.17) is 0 Å². The second kappa shape index (κ2) is 42.4. The van der Waals surface area contributed by atoms with Gasteiger partial charge in [0.2, 0.25) is 0 Å². The molecule has 0 spiro atoms. The lowest BCUT2D eigenvalue weighted by atomic mass is 9.81. The normalized spacial score (nSPS) is 13.6. The lowest BCUT2D eigenvalue weighted by Gasteiger charge is -2.24. The maximum atomic E-state index is 2.42. The minimum Gasteiger partial charge on any atom is -0.0622 e. The molecule has 0 aromatic heterocycles. The zero-order chi connectivity index (χ0) is 78.7. The highest BCUT2D eigenvalue weighted by atomic mass is 14.3. The number of rotatable bonds is 3. The third-order valence-corrected chi connectivity index (χ3v) is 21.3. The number of fused-ring (bicyclic) bond motifs is 3. The minimum atomic E-state index is 0.214. The van der Waals surface area contributed by atoms with Crippen LogP contribution in [-0.4, -0.2) is 0 Å². The molecule has 0 aliphatic heterocycles. The van der Waals surface area contributed by atoms with Gasteiger partial charge in [-0.2, -0.15) is 0 Å². The fourth-order valence-electron chi connectivity index (χ4n) is 16.5. The van der Waals surface area contributed by atoms with Gasteiger partial charge in [-0.3, -0.25) is 0 Å². The van der Waals surface area contributed by atoms with Gasteiger partial charge in [-0.05, 0) is 251 Å². The summed E-state index contributed by atoms with van der Waals surface area (Å²) in [6, 6.07) is 83.9. The molecule has 0 amide bonds. The Bertz CT molecular complexity index is 4510. The van der Waals surface area contributed by atoms with E-state index in [9.17, 15) is 0 Å². The summed E-state index contributed by atoms with van der Waals surface area (Å²) in [5, 5.41) is 8.33. The highest BCUT2D eigenvalue weighted by molar-refractivity contribution is 5.88. The zero-order valence-corrected chi connectivity index (χ0v) is 71.6. The van der Waals surface area contributed by atoms with Crippen LogP contribution in [0.2, 0.25) is 0 Å². The molecule has 0 unspecified atom stereocenters. The van der Waals surface area contributed by atoms with Gasteiger partial charge in [-0.1, -0.05) is 412 Å². The van der Waals surface area contributed by atoms with Gasteiger partial charge in [-0.25, -0.2) is 0 Å². The van der Waals surface area contributed by atoms with E-state index in [1.54, 1.807) is 16.7 Å². The average molecular weight is 1440 g/mol. The predicted octanol–water partition coefficient (Wildman–Crippen LogP) is 32.2. The van der Waals surface area contributed by atoms with E-state index in [1.165, 1.54) is 228 Å². The molecule has 0 radical (unpaired) electrons. The van der Waals surface area contributed by atoms with E-state index >= 15 is 0 Å². The molecule has 0 saturated heterocycles. The van der Waals surface area contributed by atoms with Crippen molar-refractivity contribution in [3.8, 4) is 0 Å². The van der Waals surface area contributed by atoms with Crippen molar-refractivity contribution in [1.29, 1.82) is 0 Å². The van der Waals surface area contributed by atoms with Crippen molar-refractivity contribution < 1.29 is 0 Å². The number of benzene rings is 12. The molecule has 15 rings (SSSR count). The van der Waals surface area contributed by atoms with E-state index < -0.39 is 0 Å². The summed E-state index contributed by atoms with van der Waals surface area (Å²) in [6.45, 7) is 50.2. The summed E-state index contributed by atoms with van der Waals surface area (Å²) in [7, 11) is 0. The Labute approximate surface area is 658 Å². The zero-order valence-electron chi connectivity index (χ0n) is 71.6. The lowest BCUT2D eigenvalue weighted by molar-refractivity contribution is 0.443. The van der Waals surface area contributed by atoms with Gasteiger partial charge in [0.05, 0.1) is 0 Å². The summed E-state index contributed by atoms with van der Waals surface area (Å²) in [5.41, 5.74) is 31.4. The molecule has 12 aromatic carbocycles. The highest BCUT2D eigenvalue weighted by Crippen LogP contribution is 2.39. The summed E-state index contributed by atoms with van der Waals surface area (Å²) >= 11 is 0. The van der Waals surface area contributed by atoms with Crippen LogP contribution < -0.4 is 0 Å². The topological polar surface area (TPSA) is 0 Å². The number of hydrogen-bond donors (Lipinski definition) is 0. The first kappa shape index (κ1) is 86.7. The monoisotopic (exact) mass is 1440 g/mol. The van der Waals surface area contributed by atoms with Crippen LogP contribution >= 0.6 is 0 Å². The van der Waals surface area contributed by atoms with Crippen LogP contribution in [0.5, 0.6) is 0 Å².